The molecule has 150 valence electrons. The molecule has 1 saturated heterocycles. The van der Waals surface area contributed by atoms with E-state index in [4.69, 9.17) is 16.7 Å². The number of aromatic carboxylic acids is 1. The summed E-state index contributed by atoms with van der Waals surface area (Å²) in [6, 6.07) is 8.67. The van der Waals surface area contributed by atoms with Crippen LogP contribution in [0, 0.1) is 0 Å². The molecule has 0 radical (unpaired) electrons. The Morgan fingerprint density at radius 1 is 0.964 bits per heavy atom. The van der Waals surface area contributed by atoms with Crippen molar-refractivity contribution in [2.45, 2.75) is 22.6 Å². The lowest BCUT2D eigenvalue weighted by Crippen LogP contribution is -2.27. The van der Waals surface area contributed by atoms with Gasteiger partial charge in [0.1, 0.15) is 0 Å². The topological polar surface area (TPSA) is 121 Å². The van der Waals surface area contributed by atoms with Crippen LogP contribution in [-0.4, -0.2) is 45.3 Å². The standard InChI is InChI=1S/C17H17ClN2O6S2/c18-16-8-7-14(11-15(16)17(21)22)27(23,24)19-12-3-5-13(6-4-12)28(25,26)20-9-1-2-10-20/h3-8,11,19H,1-2,9-10H2,(H,21,22). The largest absolute Gasteiger partial charge is 0.478 e. The van der Waals surface area contributed by atoms with Gasteiger partial charge in [-0.2, -0.15) is 4.31 Å². The molecule has 1 aliphatic heterocycles. The molecule has 8 nitrogen and oxygen atoms in total. The van der Waals surface area contributed by atoms with Gasteiger partial charge < -0.3 is 5.11 Å². The number of carbonyl (C=O) groups is 1. The Labute approximate surface area is 167 Å². The smallest absolute Gasteiger partial charge is 0.337 e. The summed E-state index contributed by atoms with van der Waals surface area (Å²) >= 11 is 5.76. The van der Waals surface area contributed by atoms with Crippen molar-refractivity contribution in [1.82, 2.24) is 4.31 Å². The van der Waals surface area contributed by atoms with E-state index in [1.807, 2.05) is 0 Å². The molecule has 0 unspecified atom stereocenters. The molecule has 0 bridgehead atoms. The molecule has 28 heavy (non-hydrogen) atoms. The molecular weight excluding hydrogens is 428 g/mol. The van der Waals surface area contributed by atoms with E-state index < -0.39 is 26.0 Å². The number of carboxylic acid groups (broad SMARTS) is 1. The number of anilines is 1. The van der Waals surface area contributed by atoms with E-state index >= 15 is 0 Å². The summed E-state index contributed by atoms with van der Waals surface area (Å²) in [5, 5.41) is 9.00. The van der Waals surface area contributed by atoms with Gasteiger partial charge in [-0.1, -0.05) is 11.6 Å². The monoisotopic (exact) mass is 444 g/mol. The normalized spacial score (nSPS) is 15.5. The average Bonchev–Trinajstić information content (AvgIpc) is 3.17. The maximum absolute atomic E-state index is 12.5. The molecular formula is C17H17ClN2O6S2. The van der Waals surface area contributed by atoms with Gasteiger partial charge in [0.05, 0.1) is 20.4 Å². The van der Waals surface area contributed by atoms with E-state index in [0.717, 1.165) is 18.9 Å². The number of benzene rings is 2. The third kappa shape index (κ3) is 4.14. The molecule has 1 aliphatic rings. The highest BCUT2D eigenvalue weighted by molar-refractivity contribution is 7.92. The molecule has 2 aromatic carbocycles. The minimum Gasteiger partial charge on any atom is -0.478 e. The Morgan fingerprint density at radius 2 is 1.54 bits per heavy atom. The molecule has 0 aliphatic carbocycles. The van der Waals surface area contributed by atoms with Gasteiger partial charge in [-0.25, -0.2) is 21.6 Å². The predicted octanol–water partition coefficient (Wildman–Crippen LogP) is 2.62. The molecule has 2 aromatic rings. The minimum absolute atomic E-state index is 0.0806. The molecule has 0 saturated carbocycles. The van der Waals surface area contributed by atoms with Gasteiger partial charge in [0, 0.05) is 18.8 Å². The average molecular weight is 445 g/mol. The van der Waals surface area contributed by atoms with Crippen LogP contribution in [0.2, 0.25) is 5.02 Å². The second kappa shape index (κ2) is 7.70. The number of sulfonamides is 2. The zero-order valence-corrected chi connectivity index (χ0v) is 16.9. The number of hydrogen-bond donors (Lipinski definition) is 2. The maximum atomic E-state index is 12.5. The lowest BCUT2D eigenvalue weighted by atomic mass is 10.2. The highest BCUT2D eigenvalue weighted by Crippen LogP contribution is 2.25. The van der Waals surface area contributed by atoms with Crippen molar-refractivity contribution in [2.75, 3.05) is 17.8 Å². The van der Waals surface area contributed by atoms with Crippen molar-refractivity contribution in [3.05, 3.63) is 53.1 Å². The maximum Gasteiger partial charge on any atom is 0.337 e. The van der Waals surface area contributed by atoms with Crippen LogP contribution in [0.3, 0.4) is 0 Å². The Kier molecular flexibility index (Phi) is 5.67. The highest BCUT2D eigenvalue weighted by atomic mass is 35.5. The van der Waals surface area contributed by atoms with Crippen LogP contribution in [0.4, 0.5) is 5.69 Å². The predicted molar refractivity (Wildman–Crippen MR) is 104 cm³/mol. The molecule has 1 fully saturated rings. The van der Waals surface area contributed by atoms with Gasteiger partial charge in [-0.05, 0) is 55.3 Å². The fourth-order valence-electron chi connectivity index (χ4n) is 2.82. The molecule has 0 aromatic heterocycles. The summed E-state index contributed by atoms with van der Waals surface area (Å²) in [6.45, 7) is 0.943. The van der Waals surface area contributed by atoms with Crippen molar-refractivity contribution in [1.29, 1.82) is 0 Å². The van der Waals surface area contributed by atoms with Crippen molar-refractivity contribution < 1.29 is 26.7 Å². The third-order valence-electron chi connectivity index (χ3n) is 4.29. The van der Waals surface area contributed by atoms with Crippen molar-refractivity contribution in [3.63, 3.8) is 0 Å². The summed E-state index contributed by atoms with van der Waals surface area (Å²) in [4.78, 5) is 10.9. The zero-order chi connectivity index (χ0) is 20.5. The number of hydrogen-bond acceptors (Lipinski definition) is 5. The third-order valence-corrected chi connectivity index (χ3v) is 7.91. The summed E-state index contributed by atoms with van der Waals surface area (Å²) < 4.78 is 53.7. The van der Waals surface area contributed by atoms with E-state index in [-0.39, 0.29) is 26.1 Å². The molecule has 11 heteroatoms. The Balaban J connectivity index is 1.84. The van der Waals surface area contributed by atoms with Gasteiger partial charge >= 0.3 is 5.97 Å². The van der Waals surface area contributed by atoms with Crippen LogP contribution in [-0.2, 0) is 20.0 Å². The second-order valence-corrected chi connectivity index (χ2v) is 10.2. The summed E-state index contributed by atoms with van der Waals surface area (Å²) in [6.07, 6.45) is 1.63. The van der Waals surface area contributed by atoms with Crippen LogP contribution in [0.25, 0.3) is 0 Å². The summed E-state index contributed by atoms with van der Waals surface area (Å²) in [7, 11) is -7.68. The highest BCUT2D eigenvalue weighted by Gasteiger charge is 2.27. The fraction of sp³-hybridized carbons (Fsp3) is 0.235. The number of carboxylic acids is 1. The van der Waals surface area contributed by atoms with Gasteiger partial charge in [0.25, 0.3) is 10.0 Å². The van der Waals surface area contributed by atoms with Gasteiger partial charge in [-0.3, -0.25) is 4.72 Å². The molecule has 0 amide bonds. The number of rotatable bonds is 6. The fourth-order valence-corrected chi connectivity index (χ4v) is 5.62. The van der Waals surface area contributed by atoms with Gasteiger partial charge in [0.15, 0.2) is 0 Å². The zero-order valence-electron chi connectivity index (χ0n) is 14.5. The van der Waals surface area contributed by atoms with Crippen molar-refractivity contribution >= 4 is 43.3 Å². The lowest BCUT2D eigenvalue weighted by molar-refractivity contribution is 0.0697. The number of nitrogens with one attached hydrogen (secondary N) is 1. The Morgan fingerprint density at radius 3 is 2.11 bits per heavy atom. The van der Waals surface area contributed by atoms with E-state index in [0.29, 0.717) is 13.1 Å². The van der Waals surface area contributed by atoms with Gasteiger partial charge in [0.2, 0.25) is 10.0 Å². The van der Waals surface area contributed by atoms with E-state index in [1.165, 1.54) is 40.7 Å². The van der Waals surface area contributed by atoms with Crippen LogP contribution in [0.5, 0.6) is 0 Å². The van der Waals surface area contributed by atoms with Crippen LogP contribution < -0.4 is 4.72 Å². The lowest BCUT2D eigenvalue weighted by Gasteiger charge is -2.16. The Bertz CT molecular complexity index is 1110. The molecule has 3 rings (SSSR count). The van der Waals surface area contributed by atoms with Crippen LogP contribution in [0.1, 0.15) is 23.2 Å². The first-order chi connectivity index (χ1) is 13.1. The molecule has 2 N–H and O–H groups in total. The first-order valence-electron chi connectivity index (χ1n) is 8.27. The second-order valence-electron chi connectivity index (χ2n) is 6.19. The van der Waals surface area contributed by atoms with Crippen LogP contribution in [0.15, 0.2) is 52.3 Å². The number of nitrogens with zero attached hydrogens (tertiary/aromatic N) is 1. The molecule has 0 atom stereocenters. The molecule has 1 heterocycles. The SMILES string of the molecule is O=C(O)c1cc(S(=O)(=O)Nc2ccc(S(=O)(=O)N3CCCC3)cc2)ccc1Cl. The Hall–Kier alpha value is -2.14. The first kappa shape index (κ1) is 20.6. The van der Waals surface area contributed by atoms with Crippen LogP contribution >= 0.6 is 11.6 Å². The number of halogens is 1. The van der Waals surface area contributed by atoms with E-state index in [2.05, 4.69) is 4.72 Å². The minimum atomic E-state index is -4.08. The first-order valence-corrected chi connectivity index (χ1v) is 11.6. The molecule has 0 spiro atoms. The van der Waals surface area contributed by atoms with Crippen molar-refractivity contribution in [3.8, 4) is 0 Å². The van der Waals surface area contributed by atoms with Crippen molar-refractivity contribution in [2.24, 2.45) is 0 Å². The van der Waals surface area contributed by atoms with E-state index in [9.17, 15) is 21.6 Å². The summed E-state index contributed by atoms with van der Waals surface area (Å²) in [5.41, 5.74) is -0.191. The van der Waals surface area contributed by atoms with Gasteiger partial charge in [-0.15, -0.1) is 0 Å². The summed E-state index contributed by atoms with van der Waals surface area (Å²) in [5.74, 6) is -1.35. The van der Waals surface area contributed by atoms with E-state index in [1.54, 1.807) is 0 Å². The quantitative estimate of drug-likeness (QED) is 0.706.